The molecule has 2 rings (SSSR count). The SMILES string of the molecule is CCOC(=O)C1CCCN(C(=O)c2ccccc2SC(C)C)C1. The standard InChI is InChI=1S/C18H25NO3S/c1-4-22-18(21)14-8-7-11-19(12-14)17(20)15-9-5-6-10-16(15)23-13(2)3/h5-6,9-10,13-14H,4,7-8,11-12H2,1-3H3. The number of carbonyl (C=O) groups is 2. The van der Waals surface area contributed by atoms with Gasteiger partial charge in [-0.2, -0.15) is 0 Å². The van der Waals surface area contributed by atoms with Crippen LogP contribution in [0.5, 0.6) is 0 Å². The summed E-state index contributed by atoms with van der Waals surface area (Å²) in [6.07, 6.45) is 1.64. The topological polar surface area (TPSA) is 46.6 Å². The van der Waals surface area contributed by atoms with E-state index in [0.29, 0.717) is 24.9 Å². The van der Waals surface area contributed by atoms with Crippen LogP contribution in [0.4, 0.5) is 0 Å². The van der Waals surface area contributed by atoms with E-state index in [4.69, 9.17) is 4.74 Å². The van der Waals surface area contributed by atoms with Crippen LogP contribution in [-0.4, -0.2) is 41.7 Å². The average molecular weight is 335 g/mol. The molecule has 0 aliphatic carbocycles. The van der Waals surface area contributed by atoms with Crippen LogP contribution in [-0.2, 0) is 9.53 Å². The van der Waals surface area contributed by atoms with Gasteiger partial charge in [-0.25, -0.2) is 0 Å². The molecule has 23 heavy (non-hydrogen) atoms. The molecule has 0 spiro atoms. The number of amides is 1. The number of ether oxygens (including phenoxy) is 1. The predicted molar refractivity (Wildman–Crippen MR) is 92.7 cm³/mol. The fourth-order valence-corrected chi connectivity index (χ4v) is 3.73. The Labute approximate surface area is 142 Å². The van der Waals surface area contributed by atoms with Gasteiger partial charge in [0.1, 0.15) is 0 Å². The maximum absolute atomic E-state index is 12.9. The Kier molecular flexibility index (Phi) is 6.51. The molecule has 0 saturated carbocycles. The highest BCUT2D eigenvalue weighted by Crippen LogP contribution is 2.28. The Morgan fingerprint density at radius 1 is 1.35 bits per heavy atom. The molecular formula is C18H25NO3S. The summed E-state index contributed by atoms with van der Waals surface area (Å²) in [4.78, 5) is 27.6. The van der Waals surface area contributed by atoms with Crippen molar-refractivity contribution in [3.8, 4) is 0 Å². The molecule has 1 atom stereocenters. The first kappa shape index (κ1) is 17.9. The summed E-state index contributed by atoms with van der Waals surface area (Å²) < 4.78 is 5.11. The summed E-state index contributed by atoms with van der Waals surface area (Å²) in [6.45, 7) is 7.58. The number of esters is 1. The highest BCUT2D eigenvalue weighted by Gasteiger charge is 2.30. The molecule has 126 valence electrons. The van der Waals surface area contributed by atoms with E-state index in [0.717, 1.165) is 23.3 Å². The van der Waals surface area contributed by atoms with E-state index < -0.39 is 0 Å². The number of piperidine rings is 1. The highest BCUT2D eigenvalue weighted by atomic mass is 32.2. The van der Waals surface area contributed by atoms with Gasteiger partial charge >= 0.3 is 5.97 Å². The highest BCUT2D eigenvalue weighted by molar-refractivity contribution is 8.00. The molecule has 1 fully saturated rings. The van der Waals surface area contributed by atoms with Crippen LogP contribution in [0.2, 0.25) is 0 Å². The number of hydrogen-bond acceptors (Lipinski definition) is 4. The number of rotatable bonds is 5. The summed E-state index contributed by atoms with van der Waals surface area (Å²) in [5.41, 5.74) is 0.732. The van der Waals surface area contributed by atoms with E-state index in [1.54, 1.807) is 16.7 Å². The van der Waals surface area contributed by atoms with Gasteiger partial charge < -0.3 is 9.64 Å². The van der Waals surface area contributed by atoms with Gasteiger partial charge in [0.2, 0.25) is 0 Å². The van der Waals surface area contributed by atoms with Crippen molar-refractivity contribution in [3.05, 3.63) is 29.8 Å². The van der Waals surface area contributed by atoms with Crippen LogP contribution in [0.3, 0.4) is 0 Å². The fraction of sp³-hybridized carbons (Fsp3) is 0.556. The van der Waals surface area contributed by atoms with Crippen molar-refractivity contribution in [2.45, 2.75) is 43.8 Å². The van der Waals surface area contributed by atoms with Crippen LogP contribution in [0.25, 0.3) is 0 Å². The normalized spacial score (nSPS) is 18.1. The minimum Gasteiger partial charge on any atom is -0.466 e. The zero-order valence-corrected chi connectivity index (χ0v) is 14.9. The summed E-state index contributed by atoms with van der Waals surface area (Å²) >= 11 is 1.69. The predicted octanol–water partition coefficient (Wildman–Crippen LogP) is 3.60. The maximum Gasteiger partial charge on any atom is 0.310 e. The quantitative estimate of drug-likeness (QED) is 0.609. The van der Waals surface area contributed by atoms with Crippen LogP contribution in [0.15, 0.2) is 29.2 Å². The summed E-state index contributed by atoms with van der Waals surface area (Å²) in [5, 5.41) is 0.414. The minimum absolute atomic E-state index is 0.0164. The van der Waals surface area contributed by atoms with Crippen molar-refractivity contribution in [3.63, 3.8) is 0 Å². The van der Waals surface area contributed by atoms with Crippen LogP contribution < -0.4 is 0 Å². The second-order valence-corrected chi connectivity index (χ2v) is 7.62. The van der Waals surface area contributed by atoms with Crippen molar-refractivity contribution < 1.29 is 14.3 Å². The van der Waals surface area contributed by atoms with Gasteiger partial charge in [0.05, 0.1) is 18.1 Å². The van der Waals surface area contributed by atoms with Crippen molar-refractivity contribution in [1.82, 2.24) is 4.90 Å². The number of nitrogens with zero attached hydrogens (tertiary/aromatic N) is 1. The number of carbonyl (C=O) groups excluding carboxylic acids is 2. The van der Waals surface area contributed by atoms with Gasteiger partial charge in [-0.1, -0.05) is 26.0 Å². The third-order valence-corrected chi connectivity index (χ3v) is 4.89. The van der Waals surface area contributed by atoms with E-state index in [1.807, 2.05) is 31.2 Å². The Balaban J connectivity index is 2.12. The number of likely N-dealkylation sites (tertiary alicyclic amines) is 1. The van der Waals surface area contributed by atoms with Crippen LogP contribution in [0, 0.1) is 5.92 Å². The second-order valence-electron chi connectivity index (χ2n) is 6.01. The Morgan fingerprint density at radius 2 is 2.09 bits per heavy atom. The monoisotopic (exact) mass is 335 g/mol. The molecule has 1 aliphatic heterocycles. The molecule has 1 heterocycles. The van der Waals surface area contributed by atoms with Crippen molar-refractivity contribution >= 4 is 23.6 Å². The van der Waals surface area contributed by atoms with E-state index in [2.05, 4.69) is 13.8 Å². The molecule has 0 bridgehead atoms. The lowest BCUT2D eigenvalue weighted by atomic mass is 9.97. The molecule has 1 saturated heterocycles. The smallest absolute Gasteiger partial charge is 0.310 e. The van der Waals surface area contributed by atoms with E-state index in [9.17, 15) is 9.59 Å². The maximum atomic E-state index is 12.9. The molecule has 0 aromatic heterocycles. The lowest BCUT2D eigenvalue weighted by molar-refractivity contribution is -0.149. The molecule has 0 radical (unpaired) electrons. The lowest BCUT2D eigenvalue weighted by Crippen LogP contribution is -2.43. The van der Waals surface area contributed by atoms with Crippen molar-refractivity contribution in [2.75, 3.05) is 19.7 Å². The van der Waals surface area contributed by atoms with Gasteiger partial charge in [-0.15, -0.1) is 11.8 Å². The van der Waals surface area contributed by atoms with Gasteiger partial charge in [0.25, 0.3) is 5.91 Å². The third kappa shape index (κ3) is 4.74. The Morgan fingerprint density at radius 3 is 2.78 bits per heavy atom. The second kappa shape index (κ2) is 8.39. The molecule has 1 aromatic carbocycles. The lowest BCUT2D eigenvalue weighted by Gasteiger charge is -2.32. The first-order chi connectivity index (χ1) is 11.0. The van der Waals surface area contributed by atoms with Gasteiger partial charge in [0.15, 0.2) is 0 Å². The molecule has 0 N–H and O–H groups in total. The molecule has 4 nitrogen and oxygen atoms in total. The molecule has 1 amide bonds. The van der Waals surface area contributed by atoms with Gasteiger partial charge in [0, 0.05) is 23.2 Å². The van der Waals surface area contributed by atoms with E-state index in [-0.39, 0.29) is 17.8 Å². The zero-order chi connectivity index (χ0) is 16.8. The summed E-state index contributed by atoms with van der Waals surface area (Å²) in [6, 6.07) is 7.72. The number of hydrogen-bond donors (Lipinski definition) is 0. The molecular weight excluding hydrogens is 310 g/mol. The molecule has 5 heteroatoms. The molecule has 1 aromatic rings. The summed E-state index contributed by atoms with van der Waals surface area (Å²) in [7, 11) is 0. The van der Waals surface area contributed by atoms with Crippen molar-refractivity contribution in [2.24, 2.45) is 5.92 Å². The first-order valence-corrected chi connectivity index (χ1v) is 9.12. The minimum atomic E-state index is -0.197. The van der Waals surface area contributed by atoms with Crippen LogP contribution >= 0.6 is 11.8 Å². The number of thioether (sulfide) groups is 1. The third-order valence-electron chi connectivity index (χ3n) is 3.81. The van der Waals surface area contributed by atoms with Gasteiger partial charge in [-0.3, -0.25) is 9.59 Å². The molecule has 1 aliphatic rings. The number of benzene rings is 1. The van der Waals surface area contributed by atoms with E-state index >= 15 is 0 Å². The zero-order valence-electron chi connectivity index (χ0n) is 14.1. The largest absolute Gasteiger partial charge is 0.466 e. The fourth-order valence-electron chi connectivity index (χ4n) is 2.78. The van der Waals surface area contributed by atoms with Gasteiger partial charge in [-0.05, 0) is 31.9 Å². The summed E-state index contributed by atoms with van der Waals surface area (Å²) in [5.74, 6) is -0.366. The molecule has 1 unspecified atom stereocenters. The Hall–Kier alpha value is -1.49. The Bertz CT molecular complexity index is 559. The first-order valence-electron chi connectivity index (χ1n) is 8.24. The van der Waals surface area contributed by atoms with Crippen LogP contribution in [0.1, 0.15) is 44.0 Å². The van der Waals surface area contributed by atoms with Crippen molar-refractivity contribution in [1.29, 1.82) is 0 Å². The van der Waals surface area contributed by atoms with E-state index in [1.165, 1.54) is 0 Å². The average Bonchev–Trinajstić information content (AvgIpc) is 2.54.